The summed E-state index contributed by atoms with van der Waals surface area (Å²) in [7, 11) is -0.957. The zero-order valence-electron chi connectivity index (χ0n) is 22.4. The van der Waals surface area contributed by atoms with E-state index in [4.69, 9.17) is 9.29 Å². The minimum atomic E-state index is -4.66. The van der Waals surface area contributed by atoms with Crippen LogP contribution >= 0.6 is 0 Å². The van der Waals surface area contributed by atoms with Crippen molar-refractivity contribution in [3.63, 3.8) is 0 Å². The van der Waals surface area contributed by atoms with E-state index in [0.29, 0.717) is 12.3 Å². The molecule has 0 aliphatic heterocycles. The highest BCUT2D eigenvalue weighted by Crippen LogP contribution is 2.33. The maximum absolute atomic E-state index is 13.2. The number of alkyl halides is 3. The predicted octanol–water partition coefficient (Wildman–Crippen LogP) is 3.34. The second-order valence-electron chi connectivity index (χ2n) is 8.49. The Hall–Kier alpha value is -5.02. The molecule has 0 saturated heterocycles. The van der Waals surface area contributed by atoms with Gasteiger partial charge in [-0.05, 0) is 19.1 Å². The molecular formula is C24H23F3N8O6S. The summed E-state index contributed by atoms with van der Waals surface area (Å²) < 4.78 is 74.6. The normalized spacial score (nSPS) is 11.3. The molecule has 4 heterocycles. The number of imidazole rings is 1. The van der Waals surface area contributed by atoms with Crippen molar-refractivity contribution in [2.45, 2.75) is 20.0 Å². The largest absolute Gasteiger partial charge is 0.454 e. The lowest BCUT2D eigenvalue weighted by Gasteiger charge is -2.12. The molecule has 222 valence electrons. The number of rotatable bonds is 6. The van der Waals surface area contributed by atoms with Crippen LogP contribution in [0.25, 0.3) is 11.2 Å². The number of nitrogens with zero attached hydrogens (tertiary/aromatic N) is 6. The average Bonchev–Trinajstić information content (AvgIpc) is 3.21. The molecule has 0 radical (unpaired) electrons. The minimum Gasteiger partial charge on any atom is -0.454 e. The van der Waals surface area contributed by atoms with Crippen LogP contribution in [0.15, 0.2) is 41.6 Å². The van der Waals surface area contributed by atoms with Crippen LogP contribution in [0.5, 0.6) is 11.5 Å². The van der Waals surface area contributed by atoms with E-state index in [1.165, 1.54) is 57.0 Å². The summed E-state index contributed by atoms with van der Waals surface area (Å²) in [4.78, 5) is 36.1. The molecule has 42 heavy (non-hydrogen) atoms. The van der Waals surface area contributed by atoms with E-state index in [1.54, 1.807) is 0 Å². The van der Waals surface area contributed by atoms with Gasteiger partial charge in [0.2, 0.25) is 11.9 Å². The number of amides is 1. The Balaban J connectivity index is 0.000000730. The van der Waals surface area contributed by atoms with Crippen molar-refractivity contribution in [2.75, 3.05) is 16.4 Å². The fraction of sp³-hybridized carbons (Fsp3) is 0.250. The van der Waals surface area contributed by atoms with Crippen LogP contribution in [-0.2, 0) is 35.2 Å². The van der Waals surface area contributed by atoms with E-state index in [1.807, 2.05) is 6.07 Å². The summed E-state index contributed by atoms with van der Waals surface area (Å²) >= 11 is 0. The van der Waals surface area contributed by atoms with Gasteiger partial charge in [-0.3, -0.25) is 14.1 Å². The Morgan fingerprint density at radius 2 is 1.90 bits per heavy atom. The number of nitriles is 1. The number of halogens is 3. The second-order valence-corrected chi connectivity index (χ2v) is 10.2. The number of fused-ring (bicyclic) bond motifs is 1. The highest BCUT2D eigenvalue weighted by molar-refractivity contribution is 7.85. The lowest BCUT2D eigenvalue weighted by molar-refractivity contribution is -0.138. The second kappa shape index (κ2) is 12.2. The Morgan fingerprint density at radius 1 is 1.24 bits per heavy atom. The topological polar surface area (TPSA) is 194 Å². The molecule has 18 heteroatoms. The number of anilines is 3. The van der Waals surface area contributed by atoms with E-state index in [-0.39, 0.29) is 57.3 Å². The zero-order chi connectivity index (χ0) is 31.4. The quantitative estimate of drug-likeness (QED) is 0.272. The molecule has 0 fully saturated rings. The van der Waals surface area contributed by atoms with Gasteiger partial charge in [0, 0.05) is 39.5 Å². The number of hydrogen-bond acceptors (Lipinski definition) is 10. The van der Waals surface area contributed by atoms with Gasteiger partial charge >= 0.3 is 6.18 Å². The molecule has 14 nitrogen and oxygen atoms in total. The summed E-state index contributed by atoms with van der Waals surface area (Å²) in [5.41, 5.74) is -1.73. The van der Waals surface area contributed by atoms with Crippen molar-refractivity contribution in [2.24, 2.45) is 14.1 Å². The molecule has 0 aromatic carbocycles. The molecule has 0 spiro atoms. The molecule has 0 atom stereocenters. The first kappa shape index (κ1) is 31.5. The zero-order valence-corrected chi connectivity index (χ0v) is 23.2. The first-order chi connectivity index (χ1) is 19.5. The van der Waals surface area contributed by atoms with Crippen molar-refractivity contribution in [1.82, 2.24) is 24.1 Å². The third-order valence-corrected chi connectivity index (χ3v) is 6.09. The molecule has 4 aromatic heterocycles. The van der Waals surface area contributed by atoms with Crippen LogP contribution in [0.3, 0.4) is 0 Å². The van der Waals surface area contributed by atoms with E-state index >= 15 is 0 Å². The van der Waals surface area contributed by atoms with Crippen LogP contribution in [0.4, 0.5) is 30.6 Å². The van der Waals surface area contributed by atoms with Gasteiger partial charge in [0.05, 0.1) is 17.5 Å². The third kappa shape index (κ3) is 7.58. The molecule has 1 amide bonds. The van der Waals surface area contributed by atoms with Gasteiger partial charge < -0.3 is 24.5 Å². The Morgan fingerprint density at radius 3 is 2.48 bits per heavy atom. The lowest BCUT2D eigenvalue weighted by atomic mass is 10.2. The fourth-order valence-corrected chi connectivity index (χ4v) is 3.38. The molecule has 0 unspecified atom stereocenters. The first-order valence-corrected chi connectivity index (χ1v) is 13.3. The van der Waals surface area contributed by atoms with E-state index in [2.05, 4.69) is 25.6 Å². The molecule has 0 aliphatic rings. The molecule has 0 aliphatic carbocycles. The van der Waals surface area contributed by atoms with Crippen molar-refractivity contribution in [3.8, 4) is 17.6 Å². The number of nitrogens with one attached hydrogen (secondary N) is 2. The smallest absolute Gasteiger partial charge is 0.417 e. The van der Waals surface area contributed by atoms with Gasteiger partial charge in [0.25, 0.3) is 15.7 Å². The number of hydrogen-bond donors (Lipinski definition) is 3. The van der Waals surface area contributed by atoms with Crippen LogP contribution in [0.1, 0.15) is 25.0 Å². The number of pyridine rings is 3. The SMILES string of the molecule is CC(=O)Nc1cc(Oc2cnc3nc(Nc4cc(C(F)(F)F)cn(C)c4=O)n(C)c3c2C#N)ccn1.CCS(=O)(=O)O. The molecule has 3 N–H and O–H groups in total. The summed E-state index contributed by atoms with van der Waals surface area (Å²) in [6, 6.07) is 5.67. The minimum absolute atomic E-state index is 0.0144. The summed E-state index contributed by atoms with van der Waals surface area (Å²) in [6.07, 6.45) is -1.31. The third-order valence-electron chi connectivity index (χ3n) is 5.36. The fourth-order valence-electron chi connectivity index (χ4n) is 3.38. The number of aryl methyl sites for hydroxylation is 2. The number of carbonyl (C=O) groups excluding carboxylic acids is 1. The van der Waals surface area contributed by atoms with Crippen molar-refractivity contribution >= 4 is 44.6 Å². The molecular weight excluding hydrogens is 585 g/mol. The summed E-state index contributed by atoms with van der Waals surface area (Å²) in [6.45, 7) is 2.69. The Labute approximate surface area is 236 Å². The molecule has 4 rings (SSSR count). The maximum atomic E-state index is 13.2. The van der Waals surface area contributed by atoms with Gasteiger partial charge in [0.15, 0.2) is 11.4 Å². The Bertz CT molecular complexity index is 1860. The number of carbonyl (C=O) groups is 1. The molecule has 0 saturated carbocycles. The number of ether oxygens (including phenoxy) is 1. The summed E-state index contributed by atoms with van der Waals surface area (Å²) in [5.74, 6) is 0.0222. The van der Waals surface area contributed by atoms with Gasteiger partial charge in [-0.2, -0.15) is 31.8 Å². The van der Waals surface area contributed by atoms with Gasteiger partial charge in [-0.25, -0.2) is 9.97 Å². The molecule has 4 aromatic rings. The van der Waals surface area contributed by atoms with Crippen LogP contribution < -0.4 is 20.9 Å². The predicted molar refractivity (Wildman–Crippen MR) is 144 cm³/mol. The number of aromatic nitrogens is 5. The van der Waals surface area contributed by atoms with Gasteiger partial charge in [-0.1, -0.05) is 0 Å². The van der Waals surface area contributed by atoms with E-state index < -0.39 is 27.4 Å². The van der Waals surface area contributed by atoms with Crippen LogP contribution in [0.2, 0.25) is 0 Å². The van der Waals surface area contributed by atoms with E-state index in [0.717, 1.165) is 4.57 Å². The highest BCUT2D eigenvalue weighted by Gasteiger charge is 2.32. The van der Waals surface area contributed by atoms with Crippen LogP contribution in [-0.4, -0.2) is 48.7 Å². The summed E-state index contributed by atoms with van der Waals surface area (Å²) in [5, 5.41) is 15.0. The Kier molecular flexibility index (Phi) is 9.18. The van der Waals surface area contributed by atoms with Crippen molar-refractivity contribution in [3.05, 3.63) is 58.3 Å². The monoisotopic (exact) mass is 608 g/mol. The standard InChI is InChI=1S/C22H17F3N8O3.C2H6O3S/c1-11(34)29-17-7-13(4-5-27-17)36-16-9-28-19-18(14(16)8-26)33(3)21(31-19)30-15-6-12(22(23,24)25)10-32(2)20(15)35;1-2-6(3,4)5/h4-7,9-10H,1-3H3,(H,27,29,34)(H,28,30,31);2H2,1H3,(H,3,4,5). The maximum Gasteiger partial charge on any atom is 0.417 e. The van der Waals surface area contributed by atoms with E-state index in [9.17, 15) is 36.4 Å². The average molecular weight is 609 g/mol. The van der Waals surface area contributed by atoms with Crippen LogP contribution in [0, 0.1) is 11.3 Å². The lowest BCUT2D eigenvalue weighted by Crippen LogP contribution is -2.23. The van der Waals surface area contributed by atoms with Gasteiger partial charge in [-0.15, -0.1) is 0 Å². The van der Waals surface area contributed by atoms with Crippen molar-refractivity contribution in [1.29, 1.82) is 5.26 Å². The molecule has 0 bridgehead atoms. The highest BCUT2D eigenvalue weighted by atomic mass is 32.2. The van der Waals surface area contributed by atoms with Gasteiger partial charge in [0.1, 0.15) is 34.4 Å². The van der Waals surface area contributed by atoms with Crippen molar-refractivity contribution < 1.29 is 35.7 Å². The first-order valence-electron chi connectivity index (χ1n) is 11.7.